The van der Waals surface area contributed by atoms with Gasteiger partial charge in [0, 0.05) is 12.3 Å². The second kappa shape index (κ2) is 8.67. The van der Waals surface area contributed by atoms with Crippen molar-refractivity contribution in [3.8, 4) is 0 Å². The summed E-state index contributed by atoms with van der Waals surface area (Å²) >= 11 is 20.5. The van der Waals surface area contributed by atoms with E-state index >= 15 is 0 Å². The highest BCUT2D eigenvalue weighted by atomic mass is 35.5. The molecule has 0 aromatic carbocycles. The van der Waals surface area contributed by atoms with Crippen molar-refractivity contribution >= 4 is 46.4 Å². The Hall–Kier alpha value is 1.08. The summed E-state index contributed by atoms with van der Waals surface area (Å²) in [6.07, 6.45) is 0.357. The highest BCUT2D eigenvalue weighted by Crippen LogP contribution is 2.19. The van der Waals surface area contributed by atoms with E-state index in [1.54, 1.807) is 6.92 Å². The maximum Gasteiger partial charge on any atom is 0.214 e. The van der Waals surface area contributed by atoms with Gasteiger partial charge in [0.05, 0.1) is 12.0 Å². The lowest BCUT2D eigenvalue weighted by molar-refractivity contribution is 0.210. The Morgan fingerprint density at radius 2 is 1.75 bits per heavy atom. The Kier molecular flexibility index (Phi) is 11.2. The molecule has 2 N–H and O–H groups in total. The standard InChI is InChI=1S/2C3H6Cl2O/c4-1-3(5)2-6;1-2-3(4,5)6/h3,6H,1-2H2;6H,2H2,1H3. The van der Waals surface area contributed by atoms with Gasteiger partial charge in [-0.3, -0.25) is 0 Å². The van der Waals surface area contributed by atoms with E-state index in [1.165, 1.54) is 0 Å². The van der Waals surface area contributed by atoms with Gasteiger partial charge in [-0.05, 0) is 0 Å². The number of aliphatic hydroxyl groups excluding tert-OH is 1. The summed E-state index contributed by atoms with van der Waals surface area (Å²) in [4.78, 5) is 0. The number of rotatable bonds is 3. The molecular formula is C6H12Cl4O2. The van der Waals surface area contributed by atoms with Crippen molar-refractivity contribution in [2.75, 3.05) is 12.5 Å². The molecule has 0 aliphatic carbocycles. The molecule has 0 aliphatic heterocycles. The van der Waals surface area contributed by atoms with Gasteiger partial charge in [-0.15, -0.1) is 23.2 Å². The number of halogens is 4. The summed E-state index contributed by atoms with van der Waals surface area (Å²) in [5.74, 6) is 0.318. The fraction of sp³-hybridized carbons (Fsp3) is 1.00. The Labute approximate surface area is 92.4 Å². The van der Waals surface area contributed by atoms with Gasteiger partial charge in [-0.25, -0.2) is 0 Å². The largest absolute Gasteiger partial charge is 0.395 e. The Bertz CT molecular complexity index is 90.0. The lowest BCUT2D eigenvalue weighted by atomic mass is 10.5. The fourth-order valence-corrected chi connectivity index (χ4v) is 0.146. The third kappa shape index (κ3) is 17.2. The van der Waals surface area contributed by atoms with Crippen LogP contribution >= 0.6 is 46.4 Å². The minimum absolute atomic E-state index is 0.0367. The molecule has 0 aromatic heterocycles. The molecule has 0 saturated carbocycles. The molecule has 2 nitrogen and oxygen atoms in total. The molecule has 76 valence electrons. The zero-order chi connectivity index (χ0) is 10.2. The van der Waals surface area contributed by atoms with Crippen molar-refractivity contribution < 1.29 is 10.2 Å². The van der Waals surface area contributed by atoms with Crippen LogP contribution in [-0.4, -0.2) is 32.6 Å². The highest BCUT2D eigenvalue weighted by Gasteiger charge is 2.13. The average Bonchev–Trinajstić information content (AvgIpc) is 2.03. The molecule has 0 spiro atoms. The first-order valence-corrected chi connectivity index (χ1v) is 5.01. The van der Waals surface area contributed by atoms with Crippen LogP contribution in [0.4, 0.5) is 0 Å². The normalized spacial score (nSPS) is 13.2. The molecule has 0 radical (unpaired) electrons. The quantitative estimate of drug-likeness (QED) is 0.763. The van der Waals surface area contributed by atoms with Crippen molar-refractivity contribution in [1.29, 1.82) is 0 Å². The number of alkyl halides is 4. The smallest absolute Gasteiger partial charge is 0.214 e. The molecular weight excluding hydrogens is 246 g/mol. The van der Waals surface area contributed by atoms with E-state index in [0.29, 0.717) is 12.3 Å². The van der Waals surface area contributed by atoms with Crippen molar-refractivity contribution in [2.45, 2.75) is 23.2 Å². The molecule has 0 amide bonds. The molecule has 1 unspecified atom stereocenters. The van der Waals surface area contributed by atoms with Gasteiger partial charge in [-0.2, -0.15) is 0 Å². The Balaban J connectivity index is 0. The van der Waals surface area contributed by atoms with Gasteiger partial charge >= 0.3 is 0 Å². The van der Waals surface area contributed by atoms with E-state index in [-0.39, 0.29) is 12.0 Å². The summed E-state index contributed by atoms with van der Waals surface area (Å²) in [7, 11) is 0. The minimum Gasteiger partial charge on any atom is -0.395 e. The molecule has 0 aliphatic rings. The van der Waals surface area contributed by atoms with E-state index < -0.39 is 4.52 Å². The molecule has 0 fully saturated rings. The second-order valence-corrected chi connectivity index (χ2v) is 4.32. The lowest BCUT2D eigenvalue weighted by Gasteiger charge is -2.04. The summed E-state index contributed by atoms with van der Waals surface area (Å²) in [6, 6.07) is 0. The monoisotopic (exact) mass is 256 g/mol. The zero-order valence-corrected chi connectivity index (χ0v) is 9.63. The molecule has 0 bridgehead atoms. The van der Waals surface area contributed by atoms with E-state index in [9.17, 15) is 0 Å². The molecule has 12 heavy (non-hydrogen) atoms. The van der Waals surface area contributed by atoms with Crippen molar-refractivity contribution in [2.24, 2.45) is 0 Å². The van der Waals surface area contributed by atoms with E-state index in [0.717, 1.165) is 0 Å². The van der Waals surface area contributed by atoms with E-state index in [4.69, 9.17) is 56.6 Å². The van der Waals surface area contributed by atoms with Gasteiger partial charge in [0.2, 0.25) is 4.52 Å². The SMILES string of the molecule is CCC(O)(Cl)Cl.OCC(Cl)CCl. The van der Waals surface area contributed by atoms with Gasteiger partial charge in [-0.1, -0.05) is 30.1 Å². The maximum absolute atomic E-state index is 8.36. The topological polar surface area (TPSA) is 40.5 Å². The van der Waals surface area contributed by atoms with Crippen molar-refractivity contribution in [1.82, 2.24) is 0 Å². The fourth-order valence-electron chi connectivity index (χ4n) is 0.0488. The van der Waals surface area contributed by atoms with Gasteiger partial charge in [0.15, 0.2) is 0 Å². The van der Waals surface area contributed by atoms with Crippen LogP contribution in [0.3, 0.4) is 0 Å². The van der Waals surface area contributed by atoms with E-state index in [2.05, 4.69) is 0 Å². The van der Waals surface area contributed by atoms with Crippen LogP contribution < -0.4 is 0 Å². The minimum atomic E-state index is -1.51. The average molecular weight is 258 g/mol. The van der Waals surface area contributed by atoms with Crippen molar-refractivity contribution in [3.05, 3.63) is 0 Å². The van der Waals surface area contributed by atoms with Crippen LogP contribution in [0.1, 0.15) is 13.3 Å². The highest BCUT2D eigenvalue weighted by molar-refractivity contribution is 6.46. The first-order chi connectivity index (χ1) is 5.37. The van der Waals surface area contributed by atoms with Crippen LogP contribution in [0, 0.1) is 0 Å². The van der Waals surface area contributed by atoms with E-state index in [1.807, 2.05) is 0 Å². The first-order valence-electron chi connectivity index (χ1n) is 3.28. The lowest BCUT2D eigenvalue weighted by Crippen LogP contribution is -2.06. The molecule has 0 heterocycles. The number of hydrogen-bond acceptors (Lipinski definition) is 2. The summed E-state index contributed by atoms with van der Waals surface area (Å²) in [6.45, 7) is 1.66. The van der Waals surface area contributed by atoms with Gasteiger partial charge in [0.25, 0.3) is 0 Å². The van der Waals surface area contributed by atoms with Crippen molar-refractivity contribution in [3.63, 3.8) is 0 Å². The molecule has 6 heteroatoms. The number of aliphatic hydroxyl groups is 2. The molecule has 0 saturated heterocycles. The molecule has 0 aromatic rings. The Morgan fingerprint density at radius 3 is 1.75 bits per heavy atom. The van der Waals surface area contributed by atoms with Crippen LogP contribution in [0.15, 0.2) is 0 Å². The van der Waals surface area contributed by atoms with Crippen LogP contribution in [0.2, 0.25) is 0 Å². The summed E-state index contributed by atoms with van der Waals surface area (Å²) in [5, 5.41) is 16.2. The predicted octanol–water partition coefficient (Wildman–Crippen LogP) is 2.35. The third-order valence-electron chi connectivity index (χ3n) is 0.791. The third-order valence-corrected chi connectivity index (χ3v) is 2.15. The summed E-state index contributed by atoms with van der Waals surface area (Å²) in [5.41, 5.74) is 0. The van der Waals surface area contributed by atoms with Crippen LogP contribution in [-0.2, 0) is 0 Å². The summed E-state index contributed by atoms with van der Waals surface area (Å²) < 4.78 is -1.51. The second-order valence-electron chi connectivity index (χ2n) is 1.95. The first kappa shape index (κ1) is 15.5. The van der Waals surface area contributed by atoms with Gasteiger partial charge < -0.3 is 10.2 Å². The zero-order valence-electron chi connectivity index (χ0n) is 6.60. The van der Waals surface area contributed by atoms with Crippen LogP contribution in [0.25, 0.3) is 0 Å². The Morgan fingerprint density at radius 1 is 1.42 bits per heavy atom. The maximum atomic E-state index is 8.36. The number of hydrogen-bond donors (Lipinski definition) is 2. The predicted molar refractivity (Wildman–Crippen MR) is 54.4 cm³/mol. The van der Waals surface area contributed by atoms with Crippen LogP contribution in [0.5, 0.6) is 0 Å². The van der Waals surface area contributed by atoms with Gasteiger partial charge in [0.1, 0.15) is 0 Å². The molecule has 0 rings (SSSR count). The molecule has 1 atom stereocenters.